The molecule has 0 aromatic rings. The maximum atomic E-state index is 12.5. The Morgan fingerprint density at radius 1 is 1.22 bits per heavy atom. The van der Waals surface area contributed by atoms with Gasteiger partial charge in [0.1, 0.15) is 0 Å². The average molecular weight is 252 g/mol. The van der Waals surface area contributed by atoms with Crippen LogP contribution in [0.2, 0.25) is 0 Å². The molecule has 3 nitrogen and oxygen atoms in total. The summed E-state index contributed by atoms with van der Waals surface area (Å²) in [7, 11) is 0. The summed E-state index contributed by atoms with van der Waals surface area (Å²) in [5, 5.41) is 3.49. The number of nitrogens with one attached hydrogen (secondary N) is 1. The molecule has 104 valence electrons. The third-order valence-corrected chi connectivity index (χ3v) is 4.85. The van der Waals surface area contributed by atoms with Crippen molar-refractivity contribution in [3.63, 3.8) is 0 Å². The molecule has 3 atom stereocenters. The van der Waals surface area contributed by atoms with Crippen LogP contribution >= 0.6 is 0 Å². The lowest BCUT2D eigenvalue weighted by Gasteiger charge is -2.36. The highest BCUT2D eigenvalue weighted by Gasteiger charge is 2.37. The van der Waals surface area contributed by atoms with Crippen molar-refractivity contribution in [3.05, 3.63) is 0 Å². The number of hydrogen-bond donors (Lipinski definition) is 1. The molecule has 3 unspecified atom stereocenters. The van der Waals surface area contributed by atoms with Crippen molar-refractivity contribution in [2.75, 3.05) is 19.6 Å². The van der Waals surface area contributed by atoms with Gasteiger partial charge < -0.3 is 10.2 Å². The van der Waals surface area contributed by atoms with Crippen LogP contribution in [-0.4, -0.2) is 36.5 Å². The predicted molar refractivity (Wildman–Crippen MR) is 74.3 cm³/mol. The van der Waals surface area contributed by atoms with Crippen LogP contribution in [0.3, 0.4) is 0 Å². The van der Waals surface area contributed by atoms with Gasteiger partial charge in [-0.25, -0.2) is 0 Å². The minimum atomic E-state index is 0.169. The first-order chi connectivity index (χ1) is 8.61. The van der Waals surface area contributed by atoms with E-state index in [1.807, 2.05) is 0 Å². The molecule has 0 aromatic heterocycles. The summed E-state index contributed by atoms with van der Waals surface area (Å²) in [5.74, 6) is 1.69. The number of nitrogens with zero attached hydrogens (tertiary/aromatic N) is 1. The van der Waals surface area contributed by atoms with Crippen molar-refractivity contribution >= 4 is 5.91 Å². The summed E-state index contributed by atoms with van der Waals surface area (Å²) in [6.45, 7) is 9.62. The molecular weight excluding hydrogens is 224 g/mol. The molecule has 0 bridgehead atoms. The Hall–Kier alpha value is -0.570. The standard InChI is InChI=1S/C15H28N2O/c1-11(2)12(3)15(18)17-9-5-7-14(17)13-6-4-8-16-10-13/h11-14,16H,4-10H2,1-3H3. The molecule has 1 N–H and O–H groups in total. The van der Waals surface area contributed by atoms with E-state index in [4.69, 9.17) is 0 Å². The summed E-state index contributed by atoms with van der Waals surface area (Å²) in [4.78, 5) is 14.7. The topological polar surface area (TPSA) is 32.3 Å². The first-order valence-corrected chi connectivity index (χ1v) is 7.62. The van der Waals surface area contributed by atoms with E-state index in [0.29, 0.717) is 23.8 Å². The van der Waals surface area contributed by atoms with E-state index in [1.54, 1.807) is 0 Å². The molecule has 2 saturated heterocycles. The van der Waals surface area contributed by atoms with Crippen molar-refractivity contribution in [1.82, 2.24) is 10.2 Å². The second kappa shape index (κ2) is 6.05. The van der Waals surface area contributed by atoms with Crippen molar-refractivity contribution < 1.29 is 4.79 Å². The zero-order valence-electron chi connectivity index (χ0n) is 12.1. The highest BCUT2D eigenvalue weighted by molar-refractivity contribution is 5.79. The molecule has 0 aliphatic carbocycles. The normalized spacial score (nSPS) is 30.8. The first kappa shape index (κ1) is 13.9. The van der Waals surface area contributed by atoms with E-state index < -0.39 is 0 Å². The minimum absolute atomic E-state index is 0.169. The first-order valence-electron chi connectivity index (χ1n) is 7.62. The van der Waals surface area contributed by atoms with Gasteiger partial charge in [-0.15, -0.1) is 0 Å². The van der Waals surface area contributed by atoms with Crippen LogP contribution in [-0.2, 0) is 4.79 Å². The second-order valence-corrected chi connectivity index (χ2v) is 6.38. The second-order valence-electron chi connectivity index (χ2n) is 6.38. The number of carbonyl (C=O) groups excluding carboxylic acids is 1. The summed E-state index contributed by atoms with van der Waals surface area (Å²) in [6, 6.07) is 0.506. The van der Waals surface area contributed by atoms with Gasteiger partial charge in [0.15, 0.2) is 0 Å². The predicted octanol–water partition coefficient (Wildman–Crippen LogP) is 2.27. The van der Waals surface area contributed by atoms with Crippen molar-refractivity contribution in [1.29, 1.82) is 0 Å². The molecule has 0 aromatic carbocycles. The van der Waals surface area contributed by atoms with Gasteiger partial charge in [-0.1, -0.05) is 20.8 Å². The van der Waals surface area contributed by atoms with Crippen LogP contribution in [0.4, 0.5) is 0 Å². The fourth-order valence-electron chi connectivity index (χ4n) is 3.31. The number of likely N-dealkylation sites (tertiary alicyclic amines) is 1. The van der Waals surface area contributed by atoms with E-state index in [9.17, 15) is 4.79 Å². The summed E-state index contributed by atoms with van der Waals surface area (Å²) in [5.41, 5.74) is 0. The van der Waals surface area contributed by atoms with E-state index in [-0.39, 0.29) is 5.92 Å². The minimum Gasteiger partial charge on any atom is -0.339 e. The Labute approximate surface area is 111 Å². The largest absolute Gasteiger partial charge is 0.339 e. The van der Waals surface area contributed by atoms with Crippen LogP contribution in [0.5, 0.6) is 0 Å². The van der Waals surface area contributed by atoms with Crippen LogP contribution in [0.1, 0.15) is 46.5 Å². The highest BCUT2D eigenvalue weighted by atomic mass is 16.2. The quantitative estimate of drug-likeness (QED) is 0.835. The number of rotatable bonds is 3. The zero-order chi connectivity index (χ0) is 13.1. The number of piperidine rings is 1. The molecule has 2 aliphatic heterocycles. The lowest BCUT2D eigenvalue weighted by molar-refractivity contribution is -0.138. The smallest absolute Gasteiger partial charge is 0.225 e. The molecule has 2 aliphatic rings. The van der Waals surface area contributed by atoms with Gasteiger partial charge in [-0.2, -0.15) is 0 Å². The number of amides is 1. The molecule has 2 fully saturated rings. The Bertz CT molecular complexity index is 284. The van der Waals surface area contributed by atoms with E-state index in [1.165, 1.54) is 25.7 Å². The SMILES string of the molecule is CC(C)C(C)C(=O)N1CCCC1C1CCCNC1. The van der Waals surface area contributed by atoms with Gasteiger partial charge >= 0.3 is 0 Å². The summed E-state index contributed by atoms with van der Waals surface area (Å²) in [6.07, 6.45) is 4.96. The van der Waals surface area contributed by atoms with Gasteiger partial charge in [0.2, 0.25) is 5.91 Å². The van der Waals surface area contributed by atoms with Crippen molar-refractivity contribution in [3.8, 4) is 0 Å². The van der Waals surface area contributed by atoms with Gasteiger partial charge in [0, 0.05) is 18.5 Å². The molecule has 3 heteroatoms. The molecule has 2 rings (SSSR count). The molecule has 0 saturated carbocycles. The monoisotopic (exact) mass is 252 g/mol. The van der Waals surface area contributed by atoms with Gasteiger partial charge in [-0.3, -0.25) is 4.79 Å². The van der Waals surface area contributed by atoms with Crippen LogP contribution in [0.25, 0.3) is 0 Å². The van der Waals surface area contributed by atoms with E-state index in [2.05, 4.69) is 31.0 Å². The molecule has 2 heterocycles. The Morgan fingerprint density at radius 3 is 2.61 bits per heavy atom. The van der Waals surface area contributed by atoms with Crippen molar-refractivity contribution in [2.24, 2.45) is 17.8 Å². The zero-order valence-corrected chi connectivity index (χ0v) is 12.1. The summed E-state index contributed by atoms with van der Waals surface area (Å²) >= 11 is 0. The van der Waals surface area contributed by atoms with E-state index in [0.717, 1.165) is 19.6 Å². The number of hydrogen-bond acceptors (Lipinski definition) is 2. The fourth-order valence-corrected chi connectivity index (χ4v) is 3.31. The molecule has 0 spiro atoms. The maximum absolute atomic E-state index is 12.5. The van der Waals surface area contributed by atoms with Gasteiger partial charge in [0.25, 0.3) is 0 Å². The molecule has 1 amide bonds. The Kier molecular flexibility index (Phi) is 4.66. The van der Waals surface area contributed by atoms with Gasteiger partial charge in [-0.05, 0) is 50.6 Å². The third-order valence-electron chi connectivity index (χ3n) is 4.85. The van der Waals surface area contributed by atoms with Crippen LogP contribution < -0.4 is 5.32 Å². The highest BCUT2D eigenvalue weighted by Crippen LogP contribution is 2.30. The van der Waals surface area contributed by atoms with Gasteiger partial charge in [0.05, 0.1) is 0 Å². The molecule has 0 radical (unpaired) electrons. The van der Waals surface area contributed by atoms with Crippen LogP contribution in [0.15, 0.2) is 0 Å². The average Bonchev–Trinajstić information content (AvgIpc) is 2.87. The van der Waals surface area contributed by atoms with Crippen LogP contribution in [0, 0.1) is 17.8 Å². The molecule has 18 heavy (non-hydrogen) atoms. The lowest BCUT2D eigenvalue weighted by Crippen LogP contribution is -2.47. The summed E-state index contributed by atoms with van der Waals surface area (Å²) < 4.78 is 0. The van der Waals surface area contributed by atoms with Crippen molar-refractivity contribution in [2.45, 2.75) is 52.5 Å². The lowest BCUT2D eigenvalue weighted by atomic mass is 9.89. The third kappa shape index (κ3) is 2.87. The Balaban J connectivity index is 2.00. The maximum Gasteiger partial charge on any atom is 0.225 e. The fraction of sp³-hybridized carbons (Fsp3) is 0.933. The Morgan fingerprint density at radius 2 is 2.00 bits per heavy atom. The van der Waals surface area contributed by atoms with E-state index >= 15 is 0 Å². The number of carbonyl (C=O) groups is 1. The molecular formula is C15H28N2O.